The van der Waals surface area contributed by atoms with Crippen molar-refractivity contribution in [1.82, 2.24) is 5.32 Å². The molecular weight excluding hydrogens is 191 g/mol. The Morgan fingerprint density at radius 2 is 1.86 bits per heavy atom. The number of halogens is 3. The average Bonchev–Trinajstić information content (AvgIpc) is 2.65. The summed E-state index contributed by atoms with van der Waals surface area (Å²) >= 11 is 0. The van der Waals surface area contributed by atoms with Gasteiger partial charge < -0.3 is 5.32 Å². The zero-order chi connectivity index (χ0) is 10.1. The molecule has 1 aliphatic heterocycles. The highest BCUT2D eigenvalue weighted by molar-refractivity contribution is 5.26. The van der Waals surface area contributed by atoms with Gasteiger partial charge in [0.15, 0.2) is 11.6 Å². The Bertz CT molecular complexity index is 345. The van der Waals surface area contributed by atoms with E-state index in [0.717, 1.165) is 18.7 Å². The fourth-order valence-corrected chi connectivity index (χ4v) is 1.82. The van der Waals surface area contributed by atoms with Crippen LogP contribution in [0.2, 0.25) is 0 Å². The van der Waals surface area contributed by atoms with Crippen LogP contribution in [-0.4, -0.2) is 13.1 Å². The molecule has 0 amide bonds. The van der Waals surface area contributed by atoms with Crippen LogP contribution in [0.5, 0.6) is 0 Å². The standard InChI is InChI=1S/C10H10F3N/c11-7-1-2-8(12)10(13)9(7)6-3-4-14-5-6/h1-2,6,14H,3-5H2. The molecule has 1 aromatic rings. The van der Waals surface area contributed by atoms with Gasteiger partial charge in [-0.05, 0) is 25.1 Å². The summed E-state index contributed by atoms with van der Waals surface area (Å²) in [5, 5.41) is 2.99. The van der Waals surface area contributed by atoms with Gasteiger partial charge in [-0.2, -0.15) is 0 Å². The Labute approximate surface area is 79.9 Å². The van der Waals surface area contributed by atoms with E-state index in [-0.39, 0.29) is 11.5 Å². The van der Waals surface area contributed by atoms with Crippen LogP contribution in [0.1, 0.15) is 17.9 Å². The number of hydrogen-bond donors (Lipinski definition) is 1. The fraction of sp³-hybridized carbons (Fsp3) is 0.400. The Morgan fingerprint density at radius 3 is 2.50 bits per heavy atom. The normalized spacial score (nSPS) is 21.5. The van der Waals surface area contributed by atoms with Crippen molar-refractivity contribution >= 4 is 0 Å². The molecule has 0 bridgehead atoms. The third-order valence-corrected chi connectivity index (χ3v) is 2.55. The lowest BCUT2D eigenvalue weighted by Crippen LogP contribution is -2.11. The van der Waals surface area contributed by atoms with E-state index in [2.05, 4.69) is 5.32 Å². The zero-order valence-electron chi connectivity index (χ0n) is 7.49. The van der Waals surface area contributed by atoms with Crippen LogP contribution in [0.4, 0.5) is 13.2 Å². The SMILES string of the molecule is Fc1ccc(F)c(C2CCNC2)c1F. The summed E-state index contributed by atoms with van der Waals surface area (Å²) in [5.74, 6) is -2.92. The summed E-state index contributed by atoms with van der Waals surface area (Å²) in [6.45, 7) is 1.23. The van der Waals surface area contributed by atoms with Crippen LogP contribution < -0.4 is 5.32 Å². The maximum atomic E-state index is 13.3. The molecule has 0 radical (unpaired) electrons. The average molecular weight is 201 g/mol. The van der Waals surface area contributed by atoms with Gasteiger partial charge in [0.1, 0.15) is 5.82 Å². The van der Waals surface area contributed by atoms with Crippen LogP contribution >= 0.6 is 0 Å². The van der Waals surface area contributed by atoms with Crippen LogP contribution in [0.15, 0.2) is 12.1 Å². The third kappa shape index (κ3) is 1.50. The van der Waals surface area contributed by atoms with Crippen molar-refractivity contribution in [3.63, 3.8) is 0 Å². The zero-order valence-corrected chi connectivity index (χ0v) is 7.49. The highest BCUT2D eigenvalue weighted by Gasteiger charge is 2.25. The van der Waals surface area contributed by atoms with E-state index in [0.29, 0.717) is 13.0 Å². The minimum atomic E-state index is -1.04. The Balaban J connectivity index is 2.44. The molecule has 1 aromatic carbocycles. The first-order chi connectivity index (χ1) is 6.70. The number of benzene rings is 1. The van der Waals surface area contributed by atoms with Crippen molar-refractivity contribution < 1.29 is 13.2 Å². The summed E-state index contributed by atoms with van der Waals surface area (Å²) in [7, 11) is 0. The van der Waals surface area contributed by atoms with Gasteiger partial charge in [-0.1, -0.05) is 0 Å². The minimum absolute atomic E-state index is 0.116. The lowest BCUT2D eigenvalue weighted by Gasteiger charge is -2.11. The topological polar surface area (TPSA) is 12.0 Å². The second-order valence-corrected chi connectivity index (χ2v) is 3.45. The molecule has 1 fully saturated rings. The number of nitrogens with one attached hydrogen (secondary N) is 1. The summed E-state index contributed by atoms with van der Waals surface area (Å²) < 4.78 is 39.4. The molecule has 0 saturated carbocycles. The Morgan fingerprint density at radius 1 is 1.14 bits per heavy atom. The molecule has 4 heteroatoms. The number of hydrogen-bond acceptors (Lipinski definition) is 1. The second-order valence-electron chi connectivity index (χ2n) is 3.45. The smallest absolute Gasteiger partial charge is 0.165 e. The maximum Gasteiger partial charge on any atom is 0.165 e. The highest BCUT2D eigenvalue weighted by Crippen LogP contribution is 2.28. The summed E-state index contributed by atoms with van der Waals surface area (Å²) in [6.07, 6.45) is 0.650. The van der Waals surface area contributed by atoms with Gasteiger partial charge in [-0.25, -0.2) is 13.2 Å². The minimum Gasteiger partial charge on any atom is -0.316 e. The van der Waals surface area contributed by atoms with E-state index >= 15 is 0 Å². The summed E-state index contributed by atoms with van der Waals surface area (Å²) in [6, 6.07) is 1.79. The molecule has 76 valence electrons. The van der Waals surface area contributed by atoms with Gasteiger partial charge in [-0.3, -0.25) is 0 Å². The van der Waals surface area contributed by atoms with E-state index in [1.807, 2.05) is 0 Å². The first-order valence-corrected chi connectivity index (χ1v) is 4.54. The summed E-state index contributed by atoms with van der Waals surface area (Å²) in [4.78, 5) is 0. The molecule has 0 spiro atoms. The molecule has 1 aliphatic rings. The molecule has 1 saturated heterocycles. The largest absolute Gasteiger partial charge is 0.316 e. The molecule has 1 unspecified atom stereocenters. The fourth-order valence-electron chi connectivity index (χ4n) is 1.82. The molecule has 1 nitrogen and oxygen atoms in total. The van der Waals surface area contributed by atoms with Crippen molar-refractivity contribution in [1.29, 1.82) is 0 Å². The van der Waals surface area contributed by atoms with E-state index in [4.69, 9.17) is 0 Å². The van der Waals surface area contributed by atoms with Gasteiger partial charge in [0.2, 0.25) is 0 Å². The first kappa shape index (κ1) is 9.52. The van der Waals surface area contributed by atoms with Crippen LogP contribution in [0.3, 0.4) is 0 Å². The van der Waals surface area contributed by atoms with Gasteiger partial charge in [0.05, 0.1) is 0 Å². The second kappa shape index (κ2) is 3.61. The van der Waals surface area contributed by atoms with Crippen LogP contribution in [0, 0.1) is 17.5 Å². The lowest BCUT2D eigenvalue weighted by atomic mass is 9.97. The predicted molar refractivity (Wildman–Crippen MR) is 46.5 cm³/mol. The quantitative estimate of drug-likeness (QED) is 0.687. The van der Waals surface area contributed by atoms with Crippen LogP contribution in [0.25, 0.3) is 0 Å². The number of rotatable bonds is 1. The van der Waals surface area contributed by atoms with Crippen LogP contribution in [-0.2, 0) is 0 Å². The van der Waals surface area contributed by atoms with E-state index < -0.39 is 17.5 Å². The monoisotopic (exact) mass is 201 g/mol. The van der Waals surface area contributed by atoms with Gasteiger partial charge in [0.25, 0.3) is 0 Å². The summed E-state index contributed by atoms with van der Waals surface area (Å²) in [5.41, 5.74) is -0.116. The Kier molecular flexibility index (Phi) is 2.46. The first-order valence-electron chi connectivity index (χ1n) is 4.54. The molecule has 0 aliphatic carbocycles. The van der Waals surface area contributed by atoms with Crippen molar-refractivity contribution in [2.24, 2.45) is 0 Å². The maximum absolute atomic E-state index is 13.3. The predicted octanol–water partition coefficient (Wildman–Crippen LogP) is 2.18. The van der Waals surface area contributed by atoms with E-state index in [1.54, 1.807) is 0 Å². The molecule has 2 rings (SSSR count). The molecule has 14 heavy (non-hydrogen) atoms. The van der Waals surface area contributed by atoms with Gasteiger partial charge in [-0.15, -0.1) is 0 Å². The molecule has 1 atom stereocenters. The van der Waals surface area contributed by atoms with E-state index in [9.17, 15) is 13.2 Å². The van der Waals surface area contributed by atoms with Crippen molar-refractivity contribution in [2.45, 2.75) is 12.3 Å². The molecule has 1 N–H and O–H groups in total. The highest BCUT2D eigenvalue weighted by atomic mass is 19.2. The molecule has 0 aromatic heterocycles. The van der Waals surface area contributed by atoms with Gasteiger partial charge in [0, 0.05) is 18.0 Å². The lowest BCUT2D eigenvalue weighted by molar-refractivity contribution is 0.467. The Hall–Kier alpha value is -1.03. The van der Waals surface area contributed by atoms with Crippen molar-refractivity contribution in [3.05, 3.63) is 35.1 Å². The third-order valence-electron chi connectivity index (χ3n) is 2.55. The van der Waals surface area contributed by atoms with E-state index in [1.165, 1.54) is 0 Å². The van der Waals surface area contributed by atoms with Crippen molar-refractivity contribution in [2.75, 3.05) is 13.1 Å². The molecular formula is C10H10F3N. The van der Waals surface area contributed by atoms with Gasteiger partial charge >= 0.3 is 0 Å². The molecule has 1 heterocycles. The van der Waals surface area contributed by atoms with Crippen molar-refractivity contribution in [3.8, 4) is 0 Å².